The first kappa shape index (κ1) is 5.95. The molecule has 1 heterocycles. The van der Waals surface area contributed by atoms with Crippen molar-refractivity contribution in [2.45, 2.75) is 0 Å². The number of benzene rings is 1. The van der Waals surface area contributed by atoms with Crippen LogP contribution < -0.4 is 0 Å². The van der Waals surface area contributed by atoms with Gasteiger partial charge in [-0.2, -0.15) is 0 Å². The molecular weight excluding hydrogens is 170 g/mol. The molecule has 3 heteroatoms. The van der Waals surface area contributed by atoms with E-state index in [9.17, 15) is 0 Å². The number of hydrogen-bond donors (Lipinski definition) is 1. The Morgan fingerprint density at radius 2 is 2.10 bits per heavy atom. The Kier molecular flexibility index (Phi) is 1.26. The van der Waals surface area contributed by atoms with Crippen LogP contribution in [0.4, 0.5) is 0 Å². The molecule has 0 fully saturated rings. The molecule has 2 aromatic rings. The number of hydrogen-bond acceptors (Lipinski definition) is 1. The fraction of sp³-hybridized carbons (Fsp3) is 0. The van der Waals surface area contributed by atoms with Gasteiger partial charge in [-0.1, -0.05) is 0 Å². The van der Waals surface area contributed by atoms with Crippen molar-refractivity contribution in [2.75, 3.05) is 0 Å². The zero-order valence-corrected chi connectivity index (χ0v) is 6.18. The van der Waals surface area contributed by atoms with Crippen molar-refractivity contribution in [3.63, 3.8) is 0 Å². The molecule has 0 spiro atoms. The standard InChI is InChI=1S/C7H5NO.Fe/c1-2-4-7-6(3-1)8-5-9-7;/h1-4,8H;. The number of H-pyrrole nitrogens is 1. The third-order valence-corrected chi connectivity index (χ3v) is 1.56. The molecule has 2 nitrogen and oxygen atoms in total. The number of para-hydroxylation sites is 2. The minimum absolute atomic E-state index is 0.598. The Morgan fingerprint density at radius 1 is 1.30 bits per heavy atom. The van der Waals surface area contributed by atoms with Crippen LogP contribution in [0.15, 0.2) is 28.7 Å². The van der Waals surface area contributed by atoms with Crippen molar-refractivity contribution in [3.8, 4) is 0 Å². The Hall–Kier alpha value is -0.791. The van der Waals surface area contributed by atoms with Gasteiger partial charge in [0.05, 0.1) is 0 Å². The van der Waals surface area contributed by atoms with Crippen LogP contribution in [0.2, 0.25) is 0 Å². The third-order valence-electron chi connectivity index (χ3n) is 1.31. The van der Waals surface area contributed by atoms with Crippen LogP contribution in [-0.4, -0.2) is 4.98 Å². The van der Waals surface area contributed by atoms with E-state index in [0.717, 1.165) is 11.1 Å². The van der Waals surface area contributed by atoms with E-state index in [1.54, 1.807) is 0 Å². The summed E-state index contributed by atoms with van der Waals surface area (Å²) in [6.45, 7) is 0. The Labute approximate surface area is 65.2 Å². The van der Waals surface area contributed by atoms with E-state index < -0.39 is 0 Å². The molecule has 52 valence electrons. The first-order chi connectivity index (χ1) is 4.86. The molecule has 0 saturated carbocycles. The average Bonchev–Trinajstić information content (AvgIpc) is 2.27. The molecule has 0 amide bonds. The van der Waals surface area contributed by atoms with Gasteiger partial charge in [-0.3, -0.25) is 0 Å². The molecule has 1 aromatic carbocycles. The summed E-state index contributed by atoms with van der Waals surface area (Å²) in [7, 11) is 0. The van der Waals surface area contributed by atoms with Gasteiger partial charge < -0.3 is 0 Å². The Morgan fingerprint density at radius 3 is 2.90 bits per heavy atom. The number of oxazole rings is 1. The summed E-state index contributed by atoms with van der Waals surface area (Å²) < 4.78 is 5.80. The molecule has 0 saturated heterocycles. The van der Waals surface area contributed by atoms with Gasteiger partial charge in [0.1, 0.15) is 0 Å². The minimum atomic E-state index is 0.598. The predicted molar refractivity (Wildman–Crippen MR) is 33.8 cm³/mol. The average molecular weight is 175 g/mol. The fourth-order valence-corrected chi connectivity index (χ4v) is 1.15. The third kappa shape index (κ3) is 0.838. The molecule has 2 rings (SSSR count). The van der Waals surface area contributed by atoms with Crippen molar-refractivity contribution in [2.24, 2.45) is 0 Å². The molecule has 0 unspecified atom stereocenters. The summed E-state index contributed by atoms with van der Waals surface area (Å²) in [6, 6.07) is 7.74. The van der Waals surface area contributed by atoms with Gasteiger partial charge in [0.15, 0.2) is 0 Å². The molecule has 1 N–H and O–H groups in total. The number of nitrogens with one attached hydrogen (secondary N) is 1. The van der Waals surface area contributed by atoms with Crippen LogP contribution in [0.25, 0.3) is 11.1 Å². The van der Waals surface area contributed by atoms with E-state index in [1.165, 1.54) is 0 Å². The van der Waals surface area contributed by atoms with E-state index in [-0.39, 0.29) is 0 Å². The fourth-order valence-electron chi connectivity index (χ4n) is 0.881. The predicted octanol–water partition coefficient (Wildman–Crippen LogP) is 1.84. The normalized spacial score (nSPS) is 10.5. The number of aromatic amines is 1. The monoisotopic (exact) mass is 175 g/mol. The van der Waals surface area contributed by atoms with Crippen LogP contribution in [0.3, 0.4) is 0 Å². The maximum atomic E-state index is 5.20. The van der Waals surface area contributed by atoms with Crippen molar-refractivity contribution < 1.29 is 20.0 Å². The molecule has 0 aliphatic heterocycles. The summed E-state index contributed by atoms with van der Waals surface area (Å²) in [5.41, 5.74) is 1.85. The topological polar surface area (TPSA) is 28.9 Å². The van der Waals surface area contributed by atoms with E-state index in [4.69, 9.17) is 4.42 Å². The van der Waals surface area contributed by atoms with Gasteiger partial charge in [0, 0.05) is 0 Å². The van der Waals surface area contributed by atoms with E-state index in [2.05, 4.69) is 20.6 Å². The first-order valence-corrected chi connectivity index (χ1v) is 3.46. The summed E-state index contributed by atoms with van der Waals surface area (Å²) in [4.78, 5) is 2.98. The summed E-state index contributed by atoms with van der Waals surface area (Å²) >= 11 is 3.64. The molecule has 0 aliphatic rings. The molecule has 0 bridgehead atoms. The Balaban J connectivity index is 3.01. The van der Waals surface area contributed by atoms with E-state index >= 15 is 0 Å². The second-order valence-electron chi connectivity index (χ2n) is 1.99. The van der Waals surface area contributed by atoms with Crippen LogP contribution in [-0.2, 0) is 15.6 Å². The molecule has 1 aromatic heterocycles. The van der Waals surface area contributed by atoms with Crippen molar-refractivity contribution in [1.82, 2.24) is 4.98 Å². The first-order valence-electron chi connectivity index (χ1n) is 2.91. The van der Waals surface area contributed by atoms with Crippen molar-refractivity contribution >= 4 is 11.1 Å². The van der Waals surface area contributed by atoms with Crippen LogP contribution in [0.1, 0.15) is 0 Å². The van der Waals surface area contributed by atoms with Gasteiger partial charge in [-0.05, 0) is 0 Å². The molecule has 0 radical (unpaired) electrons. The van der Waals surface area contributed by atoms with Gasteiger partial charge in [0.25, 0.3) is 0 Å². The zero-order valence-electron chi connectivity index (χ0n) is 5.07. The summed E-state index contributed by atoms with van der Waals surface area (Å²) in [5, 5.41) is 0. The zero-order chi connectivity index (χ0) is 6.97. The van der Waals surface area contributed by atoms with E-state index in [0.29, 0.717) is 4.39 Å². The van der Waals surface area contributed by atoms with Crippen LogP contribution in [0, 0.1) is 4.39 Å². The molecule has 0 aliphatic carbocycles. The second kappa shape index (κ2) is 2.11. The second-order valence-corrected chi connectivity index (χ2v) is 2.49. The number of rotatable bonds is 0. The summed E-state index contributed by atoms with van der Waals surface area (Å²) in [6.07, 6.45) is 0. The SMILES string of the molecule is [Fe]=[c]1[nH]c2ccccc2o1. The van der Waals surface area contributed by atoms with E-state index in [1.807, 2.05) is 24.3 Å². The van der Waals surface area contributed by atoms with Gasteiger partial charge in [-0.15, -0.1) is 0 Å². The van der Waals surface area contributed by atoms with Crippen molar-refractivity contribution in [3.05, 3.63) is 28.7 Å². The van der Waals surface area contributed by atoms with Gasteiger partial charge in [0.2, 0.25) is 0 Å². The Bertz CT molecular complexity index is 365. The van der Waals surface area contributed by atoms with Crippen LogP contribution >= 0.6 is 0 Å². The molecular formula is C7H5FeNO. The van der Waals surface area contributed by atoms with Gasteiger partial charge in [-0.25, -0.2) is 0 Å². The van der Waals surface area contributed by atoms with Crippen molar-refractivity contribution in [1.29, 1.82) is 0 Å². The quantitative estimate of drug-likeness (QED) is 0.608. The van der Waals surface area contributed by atoms with Crippen LogP contribution in [0.5, 0.6) is 0 Å². The maximum absolute atomic E-state index is 5.20. The number of aromatic nitrogens is 1. The van der Waals surface area contributed by atoms with Gasteiger partial charge >= 0.3 is 64.7 Å². The molecule has 10 heavy (non-hydrogen) atoms. The molecule has 0 atom stereocenters. The number of fused-ring (bicyclic) bond motifs is 1. The summed E-state index contributed by atoms with van der Waals surface area (Å²) in [5.74, 6) is 0.